The molecule has 0 spiro atoms. The van der Waals surface area contributed by atoms with Crippen LogP contribution in [-0.2, 0) is 14.3 Å². The summed E-state index contributed by atoms with van der Waals surface area (Å²) in [5, 5.41) is 24.1. The molecule has 0 saturated carbocycles. The van der Waals surface area contributed by atoms with Gasteiger partial charge in [-0.2, -0.15) is 0 Å². The van der Waals surface area contributed by atoms with Crippen LogP contribution in [0.2, 0.25) is 0 Å². The number of amides is 1. The van der Waals surface area contributed by atoms with Gasteiger partial charge in [0, 0.05) is 28.6 Å². The van der Waals surface area contributed by atoms with Crippen molar-refractivity contribution in [1.82, 2.24) is 0 Å². The van der Waals surface area contributed by atoms with Gasteiger partial charge in [0.15, 0.2) is 6.10 Å². The van der Waals surface area contributed by atoms with Crippen LogP contribution in [0, 0.1) is 0 Å². The number of ether oxygens (including phenoxy) is 2. The highest BCUT2D eigenvalue weighted by Gasteiger charge is 2.29. The van der Waals surface area contributed by atoms with E-state index < -0.39 is 24.3 Å². The Labute approximate surface area is 200 Å². The minimum atomic E-state index is -1.19. The van der Waals surface area contributed by atoms with Gasteiger partial charge < -0.3 is 19.7 Å². The number of nitrogens with one attached hydrogen (secondary N) is 1. The second kappa shape index (κ2) is 10.6. The Bertz CT molecular complexity index is 1180. The number of carboxylic acid groups (broad SMARTS) is 1. The van der Waals surface area contributed by atoms with Gasteiger partial charge >= 0.3 is 12.1 Å². The monoisotopic (exact) mass is 563 g/mol. The van der Waals surface area contributed by atoms with Gasteiger partial charge in [-0.1, -0.05) is 52.3 Å². The maximum absolute atomic E-state index is 12.8. The number of methoxy groups -OCH3 is 1. The van der Waals surface area contributed by atoms with Crippen molar-refractivity contribution in [2.75, 3.05) is 12.4 Å². The molecule has 2 atom stereocenters. The molecular weight excluding hydrogens is 546 g/mol. The van der Waals surface area contributed by atoms with Crippen molar-refractivity contribution in [2.45, 2.75) is 12.2 Å². The molecule has 0 unspecified atom stereocenters. The van der Waals surface area contributed by atoms with Crippen molar-refractivity contribution in [3.63, 3.8) is 0 Å². The molecule has 0 saturated heterocycles. The molecular formula is C23H19Br2NO6. The summed E-state index contributed by atoms with van der Waals surface area (Å²) in [6.45, 7) is 0. The van der Waals surface area contributed by atoms with Gasteiger partial charge in [-0.05, 0) is 45.6 Å². The van der Waals surface area contributed by atoms with Crippen LogP contribution in [0.3, 0.4) is 0 Å². The maximum Gasteiger partial charge on any atom is 0.412 e. The average Bonchev–Trinajstić information content (AvgIpc) is 2.76. The van der Waals surface area contributed by atoms with Crippen LogP contribution in [0.5, 0.6) is 5.75 Å². The number of halogens is 2. The second-order valence-electron chi connectivity index (χ2n) is 6.70. The summed E-state index contributed by atoms with van der Waals surface area (Å²) in [5.74, 6) is -1.35. The van der Waals surface area contributed by atoms with Gasteiger partial charge in [-0.25, -0.2) is 9.59 Å². The van der Waals surface area contributed by atoms with E-state index in [9.17, 15) is 14.7 Å². The fraction of sp³-hybridized carbons (Fsp3) is 0.130. The van der Waals surface area contributed by atoms with E-state index in [1.807, 2.05) is 30.3 Å². The van der Waals surface area contributed by atoms with Gasteiger partial charge in [0.1, 0.15) is 11.9 Å². The number of rotatable bonds is 7. The molecule has 32 heavy (non-hydrogen) atoms. The van der Waals surface area contributed by atoms with E-state index in [2.05, 4.69) is 37.2 Å². The van der Waals surface area contributed by atoms with Crippen LogP contribution in [-0.4, -0.2) is 35.5 Å². The molecule has 0 aliphatic carbocycles. The average molecular weight is 565 g/mol. The van der Waals surface area contributed by atoms with E-state index in [-0.39, 0.29) is 11.3 Å². The number of carbonyl (C=O) groups is 2. The Kier molecular flexibility index (Phi) is 7.89. The Hall–Kier alpha value is -2.88. The number of benzene rings is 3. The number of hydrogen-bond acceptors (Lipinski definition) is 5. The summed E-state index contributed by atoms with van der Waals surface area (Å²) in [5.41, 5.74) is 0.766. The highest BCUT2D eigenvalue weighted by atomic mass is 79.9. The zero-order valence-electron chi connectivity index (χ0n) is 16.8. The molecule has 3 rings (SSSR count). The summed E-state index contributed by atoms with van der Waals surface area (Å²) in [7, 11) is 1.35. The number of phenols is 1. The molecule has 1 amide bonds. The summed E-state index contributed by atoms with van der Waals surface area (Å²) < 4.78 is 12.0. The molecule has 0 aromatic heterocycles. The quantitative estimate of drug-likeness (QED) is 0.303. The first-order valence-corrected chi connectivity index (χ1v) is 11.0. The van der Waals surface area contributed by atoms with Crippen molar-refractivity contribution in [2.24, 2.45) is 0 Å². The fourth-order valence-electron chi connectivity index (χ4n) is 3.18. The lowest BCUT2D eigenvalue weighted by atomic mass is 10.0. The van der Waals surface area contributed by atoms with E-state index in [0.29, 0.717) is 14.6 Å². The molecule has 0 aliphatic heterocycles. The van der Waals surface area contributed by atoms with E-state index >= 15 is 0 Å². The Morgan fingerprint density at radius 1 is 1.09 bits per heavy atom. The number of aromatic hydroxyl groups is 1. The molecule has 0 fully saturated rings. The van der Waals surface area contributed by atoms with Crippen LogP contribution in [0.1, 0.15) is 11.7 Å². The van der Waals surface area contributed by atoms with E-state index in [1.54, 1.807) is 24.3 Å². The molecule has 9 heteroatoms. The molecule has 0 aliphatic rings. The van der Waals surface area contributed by atoms with Crippen molar-refractivity contribution in [1.29, 1.82) is 0 Å². The number of phenolic OH excluding ortho intramolecular Hbond substituents is 1. The van der Waals surface area contributed by atoms with Gasteiger partial charge in [0.05, 0.1) is 10.2 Å². The lowest BCUT2D eigenvalue weighted by molar-refractivity contribution is -0.131. The van der Waals surface area contributed by atoms with E-state index in [1.165, 1.54) is 13.2 Å². The van der Waals surface area contributed by atoms with Crippen molar-refractivity contribution in [3.8, 4) is 5.75 Å². The molecule has 166 valence electrons. The Morgan fingerprint density at radius 3 is 2.53 bits per heavy atom. The highest BCUT2D eigenvalue weighted by molar-refractivity contribution is 9.11. The summed E-state index contributed by atoms with van der Waals surface area (Å²) in [6, 6.07) is 16.2. The molecule has 0 bridgehead atoms. The first kappa shape index (κ1) is 23.8. The zero-order valence-corrected chi connectivity index (χ0v) is 20.0. The van der Waals surface area contributed by atoms with E-state index in [4.69, 9.17) is 14.6 Å². The number of anilines is 1. The van der Waals surface area contributed by atoms with Crippen LogP contribution in [0.15, 0.2) is 75.7 Å². The Balaban J connectivity index is 1.96. The summed E-state index contributed by atoms with van der Waals surface area (Å²) >= 11 is 6.60. The number of carboxylic acids is 1. The van der Waals surface area contributed by atoms with Gasteiger partial charge in [0.2, 0.25) is 0 Å². The summed E-state index contributed by atoms with van der Waals surface area (Å²) in [6.07, 6.45) is -0.813. The molecule has 0 radical (unpaired) electrons. The van der Waals surface area contributed by atoms with Gasteiger partial charge in [-0.15, -0.1) is 0 Å². The lowest BCUT2D eigenvalue weighted by Crippen LogP contribution is -2.27. The third-order valence-corrected chi connectivity index (χ3v) is 5.69. The minimum absolute atomic E-state index is 0.165. The highest BCUT2D eigenvalue weighted by Crippen LogP contribution is 2.39. The van der Waals surface area contributed by atoms with Crippen molar-refractivity contribution in [3.05, 3.63) is 81.3 Å². The Morgan fingerprint density at radius 2 is 1.81 bits per heavy atom. The SMILES string of the molecule is CO[C@@H](/C=C/C(=O)O)[C@@H](OC(=O)Nc1cccc2ccccc12)c1cc(Br)cc(Br)c1O. The number of carbonyl (C=O) groups excluding carboxylic acids is 1. The van der Waals surface area contributed by atoms with E-state index in [0.717, 1.165) is 16.8 Å². The van der Waals surface area contributed by atoms with Crippen LogP contribution < -0.4 is 5.32 Å². The second-order valence-corrected chi connectivity index (χ2v) is 8.47. The first-order chi connectivity index (χ1) is 15.3. The zero-order chi connectivity index (χ0) is 23.3. The minimum Gasteiger partial charge on any atom is -0.506 e. The molecule has 3 aromatic rings. The van der Waals surface area contributed by atoms with Gasteiger partial charge in [-0.3, -0.25) is 5.32 Å². The molecule has 0 heterocycles. The standard InChI is InChI=1S/C23H19Br2NO6/c1-31-19(9-10-20(27)28)22(16-11-14(24)12-17(25)21(16)29)32-23(30)26-18-8-4-6-13-5-2-3-7-15(13)18/h2-12,19,22,29H,1H3,(H,26,30)(H,27,28)/b10-9+/t19-,22-/m0/s1. The smallest absolute Gasteiger partial charge is 0.412 e. The predicted molar refractivity (Wildman–Crippen MR) is 128 cm³/mol. The number of aliphatic carboxylic acids is 1. The maximum atomic E-state index is 12.8. The van der Waals surface area contributed by atoms with Gasteiger partial charge in [0.25, 0.3) is 0 Å². The fourth-order valence-corrected chi connectivity index (χ4v) is 4.44. The number of fused-ring (bicyclic) bond motifs is 1. The third kappa shape index (κ3) is 5.67. The first-order valence-electron chi connectivity index (χ1n) is 9.37. The molecule has 3 aromatic carbocycles. The van der Waals surface area contributed by atoms with Crippen molar-refractivity contribution >= 4 is 60.4 Å². The van der Waals surface area contributed by atoms with Crippen LogP contribution in [0.25, 0.3) is 10.8 Å². The van der Waals surface area contributed by atoms with Crippen LogP contribution >= 0.6 is 31.9 Å². The third-order valence-electron chi connectivity index (χ3n) is 4.62. The van der Waals surface area contributed by atoms with Crippen LogP contribution in [0.4, 0.5) is 10.5 Å². The summed E-state index contributed by atoms with van der Waals surface area (Å²) in [4.78, 5) is 23.9. The largest absolute Gasteiger partial charge is 0.506 e. The topological polar surface area (TPSA) is 105 Å². The normalized spacial score (nSPS) is 13.1. The van der Waals surface area contributed by atoms with Crippen molar-refractivity contribution < 1.29 is 29.3 Å². The molecule has 7 nitrogen and oxygen atoms in total. The number of hydrogen-bond donors (Lipinski definition) is 3. The molecule has 3 N–H and O–H groups in total. The predicted octanol–water partition coefficient (Wildman–Crippen LogP) is 6.02. The lowest BCUT2D eigenvalue weighted by Gasteiger charge is -2.25.